The van der Waals surface area contributed by atoms with Crippen molar-refractivity contribution in [1.82, 2.24) is 0 Å². The van der Waals surface area contributed by atoms with Gasteiger partial charge in [-0.2, -0.15) is 0 Å². The number of hydrogen-bond acceptors (Lipinski definition) is 0. The van der Waals surface area contributed by atoms with Crippen LogP contribution in [-0.2, 0) is 19.5 Å². The minimum Gasteiger partial charge on any atom is -0.109 e. The predicted molar refractivity (Wildman–Crippen MR) is 122 cm³/mol. The van der Waals surface area contributed by atoms with E-state index in [-0.39, 0.29) is 32.0 Å². The second-order valence-electron chi connectivity index (χ2n) is 9.04. The van der Waals surface area contributed by atoms with Gasteiger partial charge in [-0.05, 0) is 67.4 Å². The quantitative estimate of drug-likeness (QED) is 0.219. The molecule has 3 heteroatoms. The molecule has 0 saturated heterocycles. The molecule has 4 rings (SSSR count). The molecule has 0 N–H and O–H groups in total. The molecule has 3 aliphatic carbocycles. The van der Waals surface area contributed by atoms with E-state index in [9.17, 15) is 0 Å². The summed E-state index contributed by atoms with van der Waals surface area (Å²) in [5, 5.41) is 0. The van der Waals surface area contributed by atoms with Gasteiger partial charge in [-0.15, -0.1) is 11.6 Å². The summed E-state index contributed by atoms with van der Waals surface area (Å²) >= 11 is 7.78. The summed E-state index contributed by atoms with van der Waals surface area (Å²) in [6.45, 7) is 0. The second-order valence-corrected chi connectivity index (χ2v) is 13.0. The number of alkyl halides is 1. The van der Waals surface area contributed by atoms with Crippen molar-refractivity contribution in [2.24, 2.45) is 0 Å². The van der Waals surface area contributed by atoms with Crippen molar-refractivity contribution in [1.29, 1.82) is 0 Å². The molecule has 1 atom stereocenters. The summed E-state index contributed by atoms with van der Waals surface area (Å²) in [6, 6.07) is 10.9. The fourth-order valence-corrected chi connectivity index (χ4v) is 11.5. The second kappa shape index (κ2) is 11.1. The van der Waals surface area contributed by atoms with E-state index in [1.165, 1.54) is 95.5 Å². The third kappa shape index (κ3) is 5.31. The average Bonchev–Trinajstić information content (AvgIpc) is 2.72. The van der Waals surface area contributed by atoms with Crippen LogP contribution in [0.3, 0.4) is 0 Å². The molecule has 0 nitrogen and oxygen atoms in total. The molecule has 0 aliphatic heterocycles. The zero-order chi connectivity index (χ0) is 18.5. The van der Waals surface area contributed by atoms with Crippen LogP contribution in [0.25, 0.3) is 6.08 Å². The van der Waals surface area contributed by atoms with Crippen molar-refractivity contribution in [3.05, 3.63) is 41.5 Å². The number of benzene rings is 1. The van der Waals surface area contributed by atoms with Crippen LogP contribution in [-0.4, -0.2) is 15.9 Å². The maximum atomic E-state index is 7.78. The Morgan fingerprint density at radius 1 is 0.786 bits per heavy atom. The molecule has 1 aromatic rings. The zero-order valence-electron chi connectivity index (χ0n) is 17.2. The Balaban J connectivity index is 0.00000225. The fraction of sp³-hybridized carbons (Fsp3) is 0.680. The van der Waals surface area contributed by atoms with Gasteiger partial charge in [0.2, 0.25) is 0 Å². The molecule has 0 bridgehead atoms. The largest absolute Gasteiger partial charge is 0.109 e. The van der Waals surface area contributed by atoms with Crippen molar-refractivity contribution in [3.8, 4) is 0 Å². The van der Waals surface area contributed by atoms with E-state index >= 15 is 0 Å². The maximum Gasteiger partial charge on any atom is 0.0855 e. The van der Waals surface area contributed by atoms with Gasteiger partial charge in [-0.1, -0.05) is 89.3 Å². The predicted octanol–water partition coefficient (Wildman–Crippen LogP) is 8.72. The summed E-state index contributed by atoms with van der Waals surface area (Å²) in [6.07, 6.45) is 22.1. The van der Waals surface area contributed by atoms with E-state index in [2.05, 4.69) is 36.4 Å². The van der Waals surface area contributed by atoms with E-state index in [4.69, 9.17) is 11.6 Å². The first kappa shape index (κ1) is 23.0. The monoisotopic (exact) mass is 504 g/mol. The van der Waals surface area contributed by atoms with Crippen molar-refractivity contribution < 1.29 is 19.5 Å². The van der Waals surface area contributed by atoms with E-state index in [0.717, 1.165) is 11.3 Å². The van der Waals surface area contributed by atoms with Gasteiger partial charge >= 0.3 is 0 Å². The summed E-state index contributed by atoms with van der Waals surface area (Å²) < 4.78 is -0.0204. The Hall–Kier alpha value is 0.303. The van der Waals surface area contributed by atoms with Gasteiger partial charge in [0.15, 0.2) is 0 Å². The molecule has 0 aromatic heterocycles. The number of allylic oxidation sites excluding steroid dienone is 1. The molecule has 1 aromatic carbocycles. The Morgan fingerprint density at radius 3 is 1.93 bits per heavy atom. The van der Waals surface area contributed by atoms with Gasteiger partial charge in [-0.25, -0.2) is 0 Å². The molecule has 3 fully saturated rings. The first-order chi connectivity index (χ1) is 13.3. The number of halogens is 1. The maximum absolute atomic E-state index is 7.78. The summed E-state index contributed by atoms with van der Waals surface area (Å²) in [5.41, 5.74) is 4.78. The SMILES string of the molecule is ClC1(P(C2CCCCC2)C2CCCCC2)CCCCC1=Cc1ccccc1.[Ru]. The first-order valence-electron chi connectivity index (χ1n) is 11.5. The van der Waals surface area contributed by atoms with Gasteiger partial charge in [0.05, 0.1) is 4.62 Å². The number of rotatable bonds is 4. The molecule has 0 radical (unpaired) electrons. The van der Waals surface area contributed by atoms with Crippen LogP contribution >= 0.6 is 19.5 Å². The molecule has 28 heavy (non-hydrogen) atoms. The van der Waals surface area contributed by atoms with Crippen LogP contribution in [0.5, 0.6) is 0 Å². The number of hydrogen-bond donors (Lipinski definition) is 0. The Kier molecular flexibility index (Phi) is 9.09. The molecular weight excluding hydrogens is 468 g/mol. The molecule has 0 heterocycles. The third-order valence-electron chi connectivity index (χ3n) is 7.18. The summed E-state index contributed by atoms with van der Waals surface area (Å²) in [4.78, 5) is 0. The van der Waals surface area contributed by atoms with Crippen LogP contribution in [0.1, 0.15) is 95.5 Å². The molecule has 156 valence electrons. The first-order valence-corrected chi connectivity index (χ1v) is 13.4. The molecule has 3 saturated carbocycles. The molecule has 3 aliphatic rings. The molecular formula is C25H36ClPRu. The van der Waals surface area contributed by atoms with Crippen LogP contribution in [0, 0.1) is 0 Å². The van der Waals surface area contributed by atoms with E-state index < -0.39 is 0 Å². The van der Waals surface area contributed by atoms with Crippen molar-refractivity contribution in [3.63, 3.8) is 0 Å². The Morgan fingerprint density at radius 2 is 1.36 bits per heavy atom. The fourth-order valence-electron chi connectivity index (χ4n) is 5.85. The van der Waals surface area contributed by atoms with Crippen LogP contribution in [0.4, 0.5) is 0 Å². The van der Waals surface area contributed by atoms with Crippen molar-refractivity contribution in [2.45, 2.75) is 106 Å². The van der Waals surface area contributed by atoms with Crippen LogP contribution in [0.15, 0.2) is 35.9 Å². The summed E-state index contributed by atoms with van der Waals surface area (Å²) in [5.74, 6) is 0. The molecule has 1 unspecified atom stereocenters. The van der Waals surface area contributed by atoms with Crippen LogP contribution in [0.2, 0.25) is 0 Å². The minimum absolute atomic E-state index is 0. The third-order valence-corrected chi connectivity index (χ3v) is 12.1. The molecule has 0 amide bonds. The van der Waals surface area contributed by atoms with Gasteiger partial charge < -0.3 is 0 Å². The Bertz CT molecular complexity index is 601. The Labute approximate surface area is 191 Å². The van der Waals surface area contributed by atoms with Gasteiger partial charge in [-0.3, -0.25) is 0 Å². The average molecular weight is 504 g/mol. The van der Waals surface area contributed by atoms with E-state index in [1.807, 2.05) is 0 Å². The van der Waals surface area contributed by atoms with Gasteiger partial charge in [0, 0.05) is 19.5 Å². The molecule has 0 spiro atoms. The van der Waals surface area contributed by atoms with E-state index in [1.54, 1.807) is 5.57 Å². The van der Waals surface area contributed by atoms with Crippen LogP contribution < -0.4 is 0 Å². The zero-order valence-corrected chi connectivity index (χ0v) is 20.6. The topological polar surface area (TPSA) is 0 Å². The minimum atomic E-state index is -0.136. The normalized spacial score (nSPS) is 29.0. The van der Waals surface area contributed by atoms with Gasteiger partial charge in [0.1, 0.15) is 0 Å². The van der Waals surface area contributed by atoms with Crippen molar-refractivity contribution >= 4 is 25.6 Å². The van der Waals surface area contributed by atoms with Crippen molar-refractivity contribution in [2.75, 3.05) is 0 Å². The summed E-state index contributed by atoms with van der Waals surface area (Å²) in [7, 11) is -0.136. The standard InChI is InChI=1S/C25H36ClP.Ru/c26-25(19-11-10-14-22(25)20-21-12-4-1-5-13-21)27(23-15-6-2-7-16-23)24-17-8-3-9-18-24;/h1,4-5,12-13,20,23-24H,2-3,6-11,14-19H2;. The van der Waals surface area contributed by atoms with E-state index in [0.29, 0.717) is 0 Å². The van der Waals surface area contributed by atoms with Gasteiger partial charge in [0.25, 0.3) is 0 Å². The smallest absolute Gasteiger partial charge is 0.0855 e.